The van der Waals surface area contributed by atoms with Crippen LogP contribution in [0.1, 0.15) is 70.6 Å². The number of nitrogens with two attached hydrogens (primary N) is 1. The molecule has 0 amide bonds. The second-order valence-electron chi connectivity index (χ2n) is 7.31. The molecule has 2 N–H and O–H groups in total. The Balaban J connectivity index is 1.60. The Labute approximate surface area is 119 Å². The summed E-state index contributed by atoms with van der Waals surface area (Å²) in [6, 6.07) is 1.14. The van der Waals surface area contributed by atoms with Gasteiger partial charge in [-0.15, -0.1) is 0 Å². The van der Waals surface area contributed by atoms with E-state index in [0.717, 1.165) is 11.8 Å². The summed E-state index contributed by atoms with van der Waals surface area (Å²) in [5.41, 5.74) is 6.51. The first-order chi connectivity index (χ1) is 9.34. The fourth-order valence-electron chi connectivity index (χ4n) is 4.88. The SMILES string of the molecule is NC1CCCCCCC1N1CCC2CCCCC2C1. The largest absolute Gasteiger partial charge is 0.326 e. The molecule has 4 unspecified atom stereocenters. The lowest BCUT2D eigenvalue weighted by atomic mass is 9.74. The Morgan fingerprint density at radius 2 is 1.37 bits per heavy atom. The van der Waals surface area contributed by atoms with E-state index < -0.39 is 0 Å². The van der Waals surface area contributed by atoms with Crippen molar-refractivity contribution in [3.8, 4) is 0 Å². The molecule has 0 aromatic rings. The zero-order valence-electron chi connectivity index (χ0n) is 12.5. The molecule has 3 rings (SSSR count). The van der Waals surface area contributed by atoms with Crippen LogP contribution in [0.4, 0.5) is 0 Å². The van der Waals surface area contributed by atoms with Crippen molar-refractivity contribution in [2.75, 3.05) is 13.1 Å². The number of hydrogen-bond donors (Lipinski definition) is 1. The summed E-state index contributed by atoms with van der Waals surface area (Å²) in [6.07, 6.45) is 15.6. The number of rotatable bonds is 1. The van der Waals surface area contributed by atoms with Crippen LogP contribution in [0, 0.1) is 11.8 Å². The molecule has 2 heteroatoms. The molecule has 0 spiro atoms. The second-order valence-corrected chi connectivity index (χ2v) is 7.31. The molecule has 4 atom stereocenters. The molecule has 0 radical (unpaired) electrons. The first-order valence-corrected chi connectivity index (χ1v) is 8.84. The number of nitrogens with zero attached hydrogens (tertiary/aromatic N) is 1. The second kappa shape index (κ2) is 6.58. The van der Waals surface area contributed by atoms with Crippen LogP contribution in [-0.2, 0) is 0 Å². The normalized spacial score (nSPS) is 42.2. The molecule has 19 heavy (non-hydrogen) atoms. The maximum atomic E-state index is 6.51. The maximum absolute atomic E-state index is 6.51. The molecular formula is C17H32N2. The third-order valence-electron chi connectivity index (χ3n) is 6.07. The minimum absolute atomic E-state index is 0.445. The van der Waals surface area contributed by atoms with Crippen LogP contribution >= 0.6 is 0 Å². The zero-order valence-corrected chi connectivity index (χ0v) is 12.5. The fraction of sp³-hybridized carbons (Fsp3) is 1.00. The number of hydrogen-bond acceptors (Lipinski definition) is 2. The minimum Gasteiger partial charge on any atom is -0.326 e. The summed E-state index contributed by atoms with van der Waals surface area (Å²) in [6.45, 7) is 2.70. The topological polar surface area (TPSA) is 29.3 Å². The summed E-state index contributed by atoms with van der Waals surface area (Å²) in [5.74, 6) is 2.05. The van der Waals surface area contributed by atoms with Crippen LogP contribution in [0.3, 0.4) is 0 Å². The molecule has 2 nitrogen and oxygen atoms in total. The van der Waals surface area contributed by atoms with Crippen molar-refractivity contribution in [1.29, 1.82) is 0 Å². The van der Waals surface area contributed by atoms with Gasteiger partial charge in [0.15, 0.2) is 0 Å². The molecule has 1 saturated heterocycles. The van der Waals surface area contributed by atoms with Gasteiger partial charge >= 0.3 is 0 Å². The van der Waals surface area contributed by atoms with Crippen LogP contribution in [0.25, 0.3) is 0 Å². The Morgan fingerprint density at radius 1 is 0.684 bits per heavy atom. The molecule has 1 aliphatic heterocycles. The highest BCUT2D eigenvalue weighted by Crippen LogP contribution is 2.37. The third kappa shape index (κ3) is 3.33. The van der Waals surface area contributed by atoms with E-state index in [2.05, 4.69) is 4.90 Å². The first kappa shape index (κ1) is 13.9. The van der Waals surface area contributed by atoms with Gasteiger partial charge < -0.3 is 5.73 Å². The van der Waals surface area contributed by atoms with E-state index in [1.807, 2.05) is 0 Å². The lowest BCUT2D eigenvalue weighted by Gasteiger charge is -2.46. The van der Waals surface area contributed by atoms with E-state index >= 15 is 0 Å². The average molecular weight is 264 g/mol. The van der Waals surface area contributed by atoms with Gasteiger partial charge in [0.2, 0.25) is 0 Å². The minimum atomic E-state index is 0.445. The summed E-state index contributed by atoms with van der Waals surface area (Å²) in [4.78, 5) is 2.79. The van der Waals surface area contributed by atoms with Crippen molar-refractivity contribution in [2.45, 2.75) is 82.7 Å². The Morgan fingerprint density at radius 3 is 2.21 bits per heavy atom. The Kier molecular flexibility index (Phi) is 4.81. The highest BCUT2D eigenvalue weighted by atomic mass is 15.2. The van der Waals surface area contributed by atoms with Gasteiger partial charge in [-0.3, -0.25) is 4.90 Å². The summed E-state index contributed by atoms with van der Waals surface area (Å²) < 4.78 is 0. The van der Waals surface area contributed by atoms with Gasteiger partial charge in [-0.1, -0.05) is 44.9 Å². The Hall–Kier alpha value is -0.0800. The van der Waals surface area contributed by atoms with E-state index in [1.54, 1.807) is 0 Å². The predicted octanol–water partition coefficient (Wildman–Crippen LogP) is 3.55. The van der Waals surface area contributed by atoms with Crippen LogP contribution in [-0.4, -0.2) is 30.1 Å². The third-order valence-corrected chi connectivity index (χ3v) is 6.07. The molecule has 1 heterocycles. The number of piperidine rings is 1. The summed E-state index contributed by atoms with van der Waals surface area (Å²) >= 11 is 0. The maximum Gasteiger partial charge on any atom is 0.0247 e. The van der Waals surface area contributed by atoms with E-state index in [-0.39, 0.29) is 0 Å². The molecule has 0 aromatic carbocycles. The first-order valence-electron chi connectivity index (χ1n) is 8.84. The van der Waals surface area contributed by atoms with Gasteiger partial charge in [0, 0.05) is 18.6 Å². The van der Waals surface area contributed by atoms with E-state index in [4.69, 9.17) is 5.73 Å². The summed E-state index contributed by atoms with van der Waals surface area (Å²) in [7, 11) is 0. The lowest BCUT2D eigenvalue weighted by molar-refractivity contribution is 0.0412. The van der Waals surface area contributed by atoms with Crippen molar-refractivity contribution in [2.24, 2.45) is 17.6 Å². The Bertz CT molecular complexity index is 278. The molecule has 2 aliphatic carbocycles. The molecule has 3 fully saturated rings. The lowest BCUT2D eigenvalue weighted by Crippen LogP contribution is -2.53. The predicted molar refractivity (Wildman–Crippen MR) is 81.1 cm³/mol. The van der Waals surface area contributed by atoms with Crippen molar-refractivity contribution in [3.63, 3.8) is 0 Å². The van der Waals surface area contributed by atoms with Crippen LogP contribution < -0.4 is 5.73 Å². The smallest absolute Gasteiger partial charge is 0.0247 e. The van der Waals surface area contributed by atoms with E-state index in [1.165, 1.54) is 83.7 Å². The monoisotopic (exact) mass is 264 g/mol. The van der Waals surface area contributed by atoms with Crippen LogP contribution in [0.5, 0.6) is 0 Å². The summed E-state index contributed by atoms with van der Waals surface area (Å²) in [5, 5.41) is 0. The zero-order chi connectivity index (χ0) is 13.1. The number of likely N-dealkylation sites (tertiary alicyclic amines) is 1. The molecule has 110 valence electrons. The van der Waals surface area contributed by atoms with Gasteiger partial charge in [-0.05, 0) is 44.1 Å². The molecule has 0 aromatic heterocycles. The van der Waals surface area contributed by atoms with Crippen molar-refractivity contribution in [3.05, 3.63) is 0 Å². The average Bonchev–Trinajstić information content (AvgIpc) is 2.43. The molecule has 2 saturated carbocycles. The van der Waals surface area contributed by atoms with Crippen LogP contribution in [0.2, 0.25) is 0 Å². The highest BCUT2D eigenvalue weighted by molar-refractivity contribution is 4.90. The van der Waals surface area contributed by atoms with Crippen molar-refractivity contribution in [1.82, 2.24) is 4.90 Å². The van der Waals surface area contributed by atoms with E-state index in [0.29, 0.717) is 12.1 Å². The van der Waals surface area contributed by atoms with E-state index in [9.17, 15) is 0 Å². The fourth-order valence-corrected chi connectivity index (χ4v) is 4.88. The number of fused-ring (bicyclic) bond motifs is 1. The standard InChI is InChI=1S/C17H32N2/c18-16-9-3-1-2-4-10-17(16)19-12-11-14-7-5-6-8-15(14)13-19/h14-17H,1-13,18H2. The van der Waals surface area contributed by atoms with Crippen molar-refractivity contribution >= 4 is 0 Å². The van der Waals surface area contributed by atoms with Gasteiger partial charge in [0.25, 0.3) is 0 Å². The van der Waals surface area contributed by atoms with Gasteiger partial charge in [0.1, 0.15) is 0 Å². The quantitative estimate of drug-likeness (QED) is 0.785. The van der Waals surface area contributed by atoms with Gasteiger partial charge in [-0.25, -0.2) is 0 Å². The van der Waals surface area contributed by atoms with Gasteiger partial charge in [-0.2, -0.15) is 0 Å². The molecular weight excluding hydrogens is 232 g/mol. The van der Waals surface area contributed by atoms with Crippen molar-refractivity contribution < 1.29 is 0 Å². The molecule has 3 aliphatic rings. The molecule has 0 bridgehead atoms. The highest BCUT2D eigenvalue weighted by Gasteiger charge is 2.35. The van der Waals surface area contributed by atoms with Gasteiger partial charge in [0.05, 0.1) is 0 Å². The van der Waals surface area contributed by atoms with Crippen LogP contribution in [0.15, 0.2) is 0 Å².